The van der Waals surface area contributed by atoms with Crippen molar-refractivity contribution in [2.45, 2.75) is 31.7 Å². The number of carbonyl (C=O) groups is 1. The second-order valence-corrected chi connectivity index (χ2v) is 9.21. The van der Waals surface area contributed by atoms with E-state index in [-0.39, 0.29) is 18.6 Å². The van der Waals surface area contributed by atoms with E-state index in [0.717, 1.165) is 41.2 Å². The molecule has 2 aromatic carbocycles. The van der Waals surface area contributed by atoms with E-state index in [1.807, 2.05) is 34.5 Å². The van der Waals surface area contributed by atoms with Crippen LogP contribution in [0.1, 0.15) is 39.6 Å². The van der Waals surface area contributed by atoms with E-state index in [0.29, 0.717) is 12.3 Å². The Balaban J connectivity index is 1.41. The minimum Gasteiger partial charge on any atom is -0.493 e. The highest BCUT2D eigenvalue weighted by Crippen LogP contribution is 2.42. The summed E-state index contributed by atoms with van der Waals surface area (Å²) in [6.07, 6.45) is 4.19. The highest BCUT2D eigenvalue weighted by molar-refractivity contribution is 7.10. The Labute approximate surface area is 192 Å². The van der Waals surface area contributed by atoms with Gasteiger partial charge in [0.1, 0.15) is 5.75 Å². The molecule has 0 fully saturated rings. The van der Waals surface area contributed by atoms with Crippen molar-refractivity contribution in [1.29, 1.82) is 0 Å². The van der Waals surface area contributed by atoms with Crippen molar-refractivity contribution in [3.63, 3.8) is 0 Å². The average molecular weight is 450 g/mol. The third-order valence-electron chi connectivity index (χ3n) is 6.44. The quantitative estimate of drug-likeness (QED) is 0.542. The van der Waals surface area contributed by atoms with Gasteiger partial charge >= 0.3 is 0 Å². The predicted molar refractivity (Wildman–Crippen MR) is 125 cm³/mol. The van der Waals surface area contributed by atoms with Gasteiger partial charge in [0.25, 0.3) is 5.91 Å². The number of nitrogens with zero attached hydrogens (tertiary/aromatic N) is 1. The van der Waals surface area contributed by atoms with Crippen LogP contribution in [-0.4, -0.2) is 38.2 Å². The molecule has 2 aliphatic rings. The van der Waals surface area contributed by atoms with Gasteiger partial charge in [-0.2, -0.15) is 0 Å². The molecule has 1 unspecified atom stereocenters. The molecule has 166 valence electrons. The third-order valence-corrected chi connectivity index (χ3v) is 7.36. The average Bonchev–Trinajstić information content (AvgIpc) is 3.52. The first-order valence-electron chi connectivity index (χ1n) is 11.0. The molecule has 2 heterocycles. The van der Waals surface area contributed by atoms with E-state index in [4.69, 9.17) is 14.2 Å². The van der Waals surface area contributed by atoms with Crippen LogP contribution in [0.15, 0.2) is 47.8 Å². The molecule has 0 bridgehead atoms. The van der Waals surface area contributed by atoms with Crippen molar-refractivity contribution in [3.05, 3.63) is 75.0 Å². The summed E-state index contributed by atoms with van der Waals surface area (Å²) in [7, 11) is 3.29. The number of hydrogen-bond acceptors (Lipinski definition) is 5. The van der Waals surface area contributed by atoms with Crippen LogP contribution in [0.2, 0.25) is 0 Å². The van der Waals surface area contributed by atoms with Crippen molar-refractivity contribution < 1.29 is 19.0 Å². The Morgan fingerprint density at radius 1 is 1.00 bits per heavy atom. The number of fused-ring (bicyclic) bond motifs is 2. The number of aryl methyl sites for hydroxylation is 2. The number of hydrogen-bond donors (Lipinski definition) is 0. The molecule has 0 spiro atoms. The number of thiophene rings is 1. The number of carbonyl (C=O) groups excluding carboxylic acids is 1. The molecule has 3 aromatic rings. The van der Waals surface area contributed by atoms with Gasteiger partial charge in [0.05, 0.1) is 20.3 Å². The van der Waals surface area contributed by atoms with E-state index < -0.39 is 0 Å². The standard InChI is InChI=1S/C26H27NO4S/c1-29-22-14-19-10-11-27(26(24-7-4-12-32-24)21(19)15-23(22)30-2)25(28)16-31-20-9-8-17-5-3-6-18(17)13-20/h4,7-9,12-15,26H,3,5-6,10-11,16H2,1-2H3. The maximum atomic E-state index is 13.3. The van der Waals surface area contributed by atoms with Crippen LogP contribution in [0.4, 0.5) is 0 Å². The fraction of sp³-hybridized carbons (Fsp3) is 0.346. The molecule has 5 rings (SSSR count). The lowest BCUT2D eigenvalue weighted by Crippen LogP contribution is -2.42. The summed E-state index contributed by atoms with van der Waals surface area (Å²) in [5, 5.41) is 2.05. The summed E-state index contributed by atoms with van der Waals surface area (Å²) in [6, 6.07) is 14.2. The van der Waals surface area contributed by atoms with Crippen LogP contribution in [0.25, 0.3) is 0 Å². The van der Waals surface area contributed by atoms with Gasteiger partial charge in [-0.25, -0.2) is 0 Å². The van der Waals surface area contributed by atoms with Crippen molar-refractivity contribution in [1.82, 2.24) is 4.90 Å². The second-order valence-electron chi connectivity index (χ2n) is 8.23. The molecule has 1 aliphatic carbocycles. The molecule has 1 atom stereocenters. The van der Waals surface area contributed by atoms with Gasteiger partial charge in [-0.15, -0.1) is 11.3 Å². The SMILES string of the molecule is COc1cc2c(cc1OC)C(c1cccs1)N(C(=O)COc1ccc3c(c1)CCC3)CC2. The van der Waals surface area contributed by atoms with Crippen LogP contribution in [0, 0.1) is 0 Å². The van der Waals surface area contributed by atoms with Gasteiger partial charge in [0, 0.05) is 11.4 Å². The first-order chi connectivity index (χ1) is 15.7. The van der Waals surface area contributed by atoms with Gasteiger partial charge in [-0.3, -0.25) is 4.79 Å². The summed E-state index contributed by atoms with van der Waals surface area (Å²) < 4.78 is 17.0. The topological polar surface area (TPSA) is 48.0 Å². The van der Waals surface area contributed by atoms with Gasteiger partial charge < -0.3 is 19.1 Å². The molecule has 32 heavy (non-hydrogen) atoms. The summed E-state index contributed by atoms with van der Waals surface area (Å²) in [5.41, 5.74) is 5.02. The maximum Gasteiger partial charge on any atom is 0.261 e. The molecule has 1 aromatic heterocycles. The minimum absolute atomic E-state index is 0.00988. The van der Waals surface area contributed by atoms with Gasteiger partial charge in [0.2, 0.25) is 0 Å². The zero-order chi connectivity index (χ0) is 22.1. The molecule has 1 amide bonds. The lowest BCUT2D eigenvalue weighted by atomic mass is 9.90. The summed E-state index contributed by atoms with van der Waals surface area (Å²) in [4.78, 5) is 16.4. The molecular weight excluding hydrogens is 422 g/mol. The predicted octanol–water partition coefficient (Wildman–Crippen LogP) is 4.81. The van der Waals surface area contributed by atoms with Crippen molar-refractivity contribution in [2.24, 2.45) is 0 Å². The number of ether oxygens (including phenoxy) is 3. The summed E-state index contributed by atoms with van der Waals surface area (Å²) in [5.74, 6) is 2.16. The highest BCUT2D eigenvalue weighted by Gasteiger charge is 2.34. The molecule has 5 nitrogen and oxygen atoms in total. The Kier molecular flexibility index (Phi) is 5.79. The number of amides is 1. The number of benzene rings is 2. The van der Waals surface area contributed by atoms with E-state index >= 15 is 0 Å². The third kappa shape index (κ3) is 3.84. The number of methoxy groups -OCH3 is 2. The Hall–Kier alpha value is -2.99. The minimum atomic E-state index is -0.158. The zero-order valence-electron chi connectivity index (χ0n) is 18.4. The normalized spacial score (nSPS) is 16.9. The Bertz CT molecular complexity index is 1130. The molecule has 1 aliphatic heterocycles. The van der Waals surface area contributed by atoms with Gasteiger partial charge in [0.15, 0.2) is 18.1 Å². The van der Waals surface area contributed by atoms with Crippen molar-refractivity contribution in [2.75, 3.05) is 27.4 Å². The monoisotopic (exact) mass is 449 g/mol. The van der Waals surface area contributed by atoms with E-state index in [1.54, 1.807) is 25.6 Å². The lowest BCUT2D eigenvalue weighted by molar-refractivity contribution is -0.135. The van der Waals surface area contributed by atoms with Crippen LogP contribution in [0.3, 0.4) is 0 Å². The molecule has 0 saturated heterocycles. The lowest BCUT2D eigenvalue weighted by Gasteiger charge is -2.37. The van der Waals surface area contributed by atoms with Crippen LogP contribution < -0.4 is 14.2 Å². The van der Waals surface area contributed by atoms with Gasteiger partial charge in [-0.05, 0) is 83.6 Å². The van der Waals surface area contributed by atoms with Gasteiger partial charge in [-0.1, -0.05) is 12.1 Å². The molecule has 0 saturated carbocycles. The second kappa shape index (κ2) is 8.87. The first-order valence-corrected chi connectivity index (χ1v) is 11.9. The van der Waals surface area contributed by atoms with Crippen LogP contribution in [0.5, 0.6) is 17.2 Å². The molecular formula is C26H27NO4S. The maximum absolute atomic E-state index is 13.3. The number of rotatable bonds is 6. The van der Waals surface area contributed by atoms with E-state index in [9.17, 15) is 4.79 Å². The largest absolute Gasteiger partial charge is 0.493 e. The Morgan fingerprint density at radius 3 is 2.59 bits per heavy atom. The van der Waals surface area contributed by atoms with Crippen molar-refractivity contribution in [3.8, 4) is 17.2 Å². The molecule has 0 N–H and O–H groups in total. The fourth-order valence-corrected chi connectivity index (χ4v) is 5.69. The Morgan fingerprint density at radius 2 is 1.81 bits per heavy atom. The van der Waals surface area contributed by atoms with Crippen LogP contribution in [-0.2, 0) is 24.1 Å². The first kappa shape index (κ1) is 20.9. The summed E-state index contributed by atoms with van der Waals surface area (Å²) >= 11 is 1.66. The fourth-order valence-electron chi connectivity index (χ4n) is 4.83. The van der Waals surface area contributed by atoms with Crippen molar-refractivity contribution >= 4 is 17.2 Å². The highest BCUT2D eigenvalue weighted by atomic mass is 32.1. The van der Waals surface area contributed by atoms with Crippen LogP contribution >= 0.6 is 11.3 Å². The zero-order valence-corrected chi connectivity index (χ0v) is 19.2. The smallest absolute Gasteiger partial charge is 0.261 e. The van der Waals surface area contributed by atoms with E-state index in [1.165, 1.54) is 23.1 Å². The summed E-state index contributed by atoms with van der Waals surface area (Å²) in [6.45, 7) is 0.667. The molecule has 6 heteroatoms. The van der Waals surface area contributed by atoms with E-state index in [2.05, 4.69) is 18.2 Å². The molecule has 0 radical (unpaired) electrons.